The fourth-order valence-corrected chi connectivity index (χ4v) is 11.8. The van der Waals surface area contributed by atoms with E-state index in [4.69, 9.17) is 58.6 Å². The van der Waals surface area contributed by atoms with E-state index >= 15 is 0 Å². The van der Waals surface area contributed by atoms with E-state index < -0.39 is 0 Å². The lowest BCUT2D eigenvalue weighted by Crippen LogP contribution is -2.43. The lowest BCUT2D eigenvalue weighted by molar-refractivity contribution is 0.402. The molecular formula is C63H89N23. The largest absolute Gasteiger partial charge is 0.399 e. The number of aryl methyl sites for hydroxylation is 3. The molecular weight excluding hydrogens is 1080 g/mol. The van der Waals surface area contributed by atoms with Gasteiger partial charge in [-0.15, -0.1) is 0 Å². The first-order chi connectivity index (χ1) is 41.3. The topological polar surface area (TPSA) is 333 Å². The average molecular weight is 1170 g/mol. The van der Waals surface area contributed by atoms with Crippen molar-refractivity contribution in [1.29, 1.82) is 0 Å². The minimum Gasteiger partial charge on any atom is -0.399 e. The molecule has 3 aliphatic carbocycles. The molecule has 3 fully saturated rings. The highest BCUT2D eigenvalue weighted by atomic mass is 15.3. The number of fused-ring (bicyclic) bond motifs is 3. The monoisotopic (exact) mass is 1170 g/mol. The summed E-state index contributed by atoms with van der Waals surface area (Å²) in [6.45, 7) is 18.8. The summed E-state index contributed by atoms with van der Waals surface area (Å²) in [6, 6.07) is 21.6. The van der Waals surface area contributed by atoms with Gasteiger partial charge in [-0.1, -0.05) is 50.7 Å². The Labute approximate surface area is 504 Å². The van der Waals surface area contributed by atoms with Crippen molar-refractivity contribution in [1.82, 2.24) is 58.6 Å². The van der Waals surface area contributed by atoms with Gasteiger partial charge in [0.1, 0.15) is 0 Å². The summed E-state index contributed by atoms with van der Waals surface area (Å²) in [7, 11) is 0. The van der Waals surface area contributed by atoms with Gasteiger partial charge in [0, 0.05) is 82.8 Å². The van der Waals surface area contributed by atoms with Crippen molar-refractivity contribution >= 4 is 97.2 Å². The smallest absolute Gasteiger partial charge is 0.227 e. The third-order valence-corrected chi connectivity index (χ3v) is 16.3. The van der Waals surface area contributed by atoms with Crippen LogP contribution in [0.5, 0.6) is 0 Å². The van der Waals surface area contributed by atoms with E-state index in [1.807, 2.05) is 81.4 Å². The SMILES string of the molecule is Cc1cc(N)cc(Nc2nc(N[C@@H]3CCCC[C@@H]3N)nc3c2ncn3C(C)C)c1.Cc1cc(N)cc(Nc2nc(N[C@H]3CCCC[C@H]3N)nc3c2ncn3C(C)C)c1.Cc1cccc(Nc2nc(N[C@H]3CCCC[C@H]3N)nc3c2ncn3C(C)C)c1. The Bertz CT molecular complexity index is 3550. The molecule has 86 heavy (non-hydrogen) atoms. The van der Waals surface area contributed by atoms with Crippen LogP contribution in [0.25, 0.3) is 33.5 Å². The minimum atomic E-state index is 0.117. The molecule has 0 radical (unpaired) electrons. The molecule has 0 aliphatic heterocycles. The van der Waals surface area contributed by atoms with Crippen LogP contribution in [0.2, 0.25) is 0 Å². The first-order valence-corrected chi connectivity index (χ1v) is 30.7. The highest BCUT2D eigenvalue weighted by Gasteiger charge is 2.27. The Hall–Kier alpha value is -8.41. The van der Waals surface area contributed by atoms with Gasteiger partial charge in [-0.3, -0.25) is 0 Å². The Morgan fingerprint density at radius 3 is 1.05 bits per heavy atom. The molecule has 9 aromatic rings. The Balaban J connectivity index is 0.000000143. The predicted molar refractivity (Wildman–Crippen MR) is 351 cm³/mol. The van der Waals surface area contributed by atoms with E-state index in [9.17, 15) is 0 Å². The van der Waals surface area contributed by atoms with E-state index in [2.05, 4.69) is 121 Å². The number of hydrogen-bond acceptors (Lipinski definition) is 20. The van der Waals surface area contributed by atoms with Gasteiger partial charge in [-0.05, 0) is 166 Å². The summed E-state index contributed by atoms with van der Waals surface area (Å²) in [6.07, 6.45) is 18.8. The zero-order valence-electron chi connectivity index (χ0n) is 51.4. The second kappa shape index (κ2) is 26.9. The molecule has 3 saturated carbocycles. The number of nitrogens with one attached hydrogen (secondary N) is 6. The molecule has 0 saturated heterocycles. The minimum absolute atomic E-state index is 0.117. The number of benzene rings is 3. The zero-order chi connectivity index (χ0) is 60.8. The summed E-state index contributed by atoms with van der Waals surface area (Å²) >= 11 is 0. The summed E-state index contributed by atoms with van der Waals surface area (Å²) in [5, 5.41) is 20.7. The molecule has 456 valence electrons. The lowest BCUT2D eigenvalue weighted by atomic mass is 9.91. The molecule has 23 heteroatoms. The van der Waals surface area contributed by atoms with E-state index in [0.29, 0.717) is 46.7 Å². The molecule has 16 N–H and O–H groups in total. The fourth-order valence-electron chi connectivity index (χ4n) is 11.8. The number of anilines is 11. The lowest BCUT2D eigenvalue weighted by Gasteiger charge is -2.29. The van der Waals surface area contributed by atoms with Crippen LogP contribution >= 0.6 is 0 Å². The van der Waals surface area contributed by atoms with Gasteiger partial charge in [-0.2, -0.15) is 29.9 Å². The molecule has 23 nitrogen and oxygen atoms in total. The summed E-state index contributed by atoms with van der Waals surface area (Å²) < 4.78 is 6.18. The first-order valence-electron chi connectivity index (χ1n) is 30.7. The van der Waals surface area contributed by atoms with Crippen molar-refractivity contribution in [2.45, 2.75) is 194 Å². The average Bonchev–Trinajstić information content (AvgIpc) is 2.01. The summed E-state index contributed by atoms with van der Waals surface area (Å²) in [4.78, 5) is 42.3. The Morgan fingerprint density at radius 2 is 0.733 bits per heavy atom. The zero-order valence-corrected chi connectivity index (χ0v) is 51.4. The fraction of sp³-hybridized carbons (Fsp3) is 0.476. The highest BCUT2D eigenvalue weighted by Crippen LogP contribution is 2.33. The van der Waals surface area contributed by atoms with Gasteiger partial charge in [0.15, 0.2) is 50.9 Å². The van der Waals surface area contributed by atoms with Crippen LogP contribution < -0.4 is 60.6 Å². The van der Waals surface area contributed by atoms with Gasteiger partial charge in [0.2, 0.25) is 17.8 Å². The van der Waals surface area contributed by atoms with Crippen LogP contribution in [0, 0.1) is 20.8 Å². The predicted octanol–water partition coefficient (Wildman–Crippen LogP) is 11.6. The first kappa shape index (κ1) is 60.7. The van der Waals surface area contributed by atoms with E-state index in [-0.39, 0.29) is 54.4 Å². The molecule has 12 rings (SSSR count). The van der Waals surface area contributed by atoms with Crippen molar-refractivity contribution in [2.75, 3.05) is 43.4 Å². The normalized spacial score (nSPS) is 19.7. The van der Waals surface area contributed by atoms with Gasteiger partial charge in [0.05, 0.1) is 19.0 Å². The highest BCUT2D eigenvalue weighted by molar-refractivity contribution is 5.89. The summed E-state index contributed by atoms with van der Waals surface area (Å²) in [5.41, 5.74) is 43.2. The summed E-state index contributed by atoms with van der Waals surface area (Å²) in [5.74, 6) is 3.78. The third-order valence-electron chi connectivity index (χ3n) is 16.3. The standard InChI is InChI=1S/2C21H30N8.C21H29N7/c2*1-12(2)29-11-24-18-19(25-15-9-13(3)8-14(22)10-15)27-21(28-20(18)29)26-17-7-5-4-6-16(17)23;1-13(2)28-12-23-18-19(24-15-8-6-7-14(3)11-15)26-21(27-20(18)28)25-17-10-5-4-9-16(17)22/h2*8-12,16-17H,4-7,22-23H2,1-3H3,(H2,25,26,27,28);6-8,11-13,16-17H,4-5,9-10,22H2,1-3H3,(H2,24,25,26,27)/t3*16-,17+/m101/s1. The maximum absolute atomic E-state index is 6.33. The number of nitrogens with zero attached hydrogens (tertiary/aromatic N) is 12. The van der Waals surface area contributed by atoms with E-state index in [1.165, 1.54) is 44.1 Å². The van der Waals surface area contributed by atoms with Gasteiger partial charge in [0.25, 0.3) is 0 Å². The van der Waals surface area contributed by atoms with Crippen LogP contribution in [0.15, 0.2) is 79.6 Å². The van der Waals surface area contributed by atoms with Crippen LogP contribution in [0.3, 0.4) is 0 Å². The second-order valence-corrected chi connectivity index (χ2v) is 24.5. The van der Waals surface area contributed by atoms with Gasteiger partial charge in [-0.25, -0.2) is 15.0 Å². The number of aromatic nitrogens is 12. The number of nitrogen functional groups attached to an aromatic ring is 2. The number of rotatable bonds is 15. The molecule has 0 unspecified atom stereocenters. The van der Waals surface area contributed by atoms with Crippen molar-refractivity contribution in [2.24, 2.45) is 17.2 Å². The molecule has 3 aliphatic rings. The Kier molecular flexibility index (Phi) is 19.0. The quantitative estimate of drug-likeness (QED) is 0.0425. The van der Waals surface area contributed by atoms with Crippen LogP contribution in [0.1, 0.15) is 153 Å². The van der Waals surface area contributed by atoms with Crippen molar-refractivity contribution in [3.8, 4) is 0 Å². The van der Waals surface area contributed by atoms with Gasteiger partial charge >= 0.3 is 0 Å². The maximum Gasteiger partial charge on any atom is 0.227 e. The van der Waals surface area contributed by atoms with Crippen molar-refractivity contribution in [3.63, 3.8) is 0 Å². The molecule has 0 bridgehead atoms. The van der Waals surface area contributed by atoms with Gasteiger partial charge < -0.3 is 74.3 Å². The van der Waals surface area contributed by atoms with Crippen LogP contribution in [0.4, 0.5) is 63.7 Å². The van der Waals surface area contributed by atoms with Crippen LogP contribution in [-0.2, 0) is 0 Å². The van der Waals surface area contributed by atoms with Crippen molar-refractivity contribution < 1.29 is 0 Å². The number of hydrogen-bond donors (Lipinski definition) is 11. The number of imidazole rings is 3. The number of nitrogens with two attached hydrogens (primary N) is 5. The third kappa shape index (κ3) is 14.6. The molecule has 6 atom stereocenters. The molecule has 6 aromatic heterocycles. The van der Waals surface area contributed by atoms with E-state index in [1.54, 1.807) is 0 Å². The maximum atomic E-state index is 6.33. The van der Waals surface area contributed by atoms with Crippen molar-refractivity contribution in [3.05, 3.63) is 96.3 Å². The van der Waals surface area contributed by atoms with Crippen LogP contribution in [-0.4, -0.2) is 94.8 Å². The molecule has 0 amide bonds. The second-order valence-electron chi connectivity index (χ2n) is 24.5. The molecule has 6 heterocycles. The molecule has 0 spiro atoms. The molecule has 3 aromatic carbocycles. The Morgan fingerprint density at radius 1 is 0.407 bits per heavy atom. The van der Waals surface area contributed by atoms with E-state index in [0.717, 1.165) is 100 Å².